The van der Waals surface area contributed by atoms with Crippen molar-refractivity contribution in [2.75, 3.05) is 14.2 Å². The highest BCUT2D eigenvalue weighted by atomic mass is 16.5. The molecule has 0 amide bonds. The number of ether oxygens (including phenoxy) is 1. The number of hydrogen-bond donors (Lipinski definition) is 0. The summed E-state index contributed by atoms with van der Waals surface area (Å²) in [4.78, 5) is 2.09. The molecule has 0 aromatic carbocycles. The Morgan fingerprint density at radius 2 is 2.09 bits per heavy atom. The van der Waals surface area contributed by atoms with Crippen molar-refractivity contribution in [1.82, 2.24) is 4.90 Å². The largest absolute Gasteiger partial charge is 0.497 e. The van der Waals surface area contributed by atoms with Gasteiger partial charge in [0.15, 0.2) is 0 Å². The van der Waals surface area contributed by atoms with Crippen LogP contribution in [0.4, 0.5) is 0 Å². The van der Waals surface area contributed by atoms with E-state index in [9.17, 15) is 0 Å². The van der Waals surface area contributed by atoms with Gasteiger partial charge in [0.2, 0.25) is 0 Å². The Bertz CT molecular complexity index is 150. The second-order valence-corrected chi connectivity index (χ2v) is 2.75. The van der Waals surface area contributed by atoms with Crippen LogP contribution in [0.15, 0.2) is 24.6 Å². The van der Waals surface area contributed by atoms with Crippen molar-refractivity contribution in [3.8, 4) is 0 Å². The van der Waals surface area contributed by atoms with Crippen LogP contribution in [0.1, 0.15) is 13.8 Å². The summed E-state index contributed by atoms with van der Waals surface area (Å²) in [6, 6.07) is 0.510. The second kappa shape index (κ2) is 4.83. The lowest BCUT2D eigenvalue weighted by Gasteiger charge is -2.18. The number of methoxy groups -OCH3 is 1. The third-order valence-electron chi connectivity index (χ3n) is 1.57. The molecule has 0 rings (SSSR count). The van der Waals surface area contributed by atoms with Gasteiger partial charge in [0.05, 0.1) is 7.11 Å². The van der Waals surface area contributed by atoms with E-state index in [0.717, 1.165) is 0 Å². The smallest absolute Gasteiger partial charge is 0.113 e. The van der Waals surface area contributed by atoms with Gasteiger partial charge < -0.3 is 9.64 Å². The minimum atomic E-state index is 0.510. The second-order valence-electron chi connectivity index (χ2n) is 2.75. The molecular formula is C9H17NO. The van der Waals surface area contributed by atoms with Gasteiger partial charge in [-0.3, -0.25) is 0 Å². The molecule has 2 nitrogen and oxygen atoms in total. The molecule has 0 aromatic rings. The predicted molar refractivity (Wildman–Crippen MR) is 48.2 cm³/mol. The fourth-order valence-corrected chi connectivity index (χ4v) is 0.441. The van der Waals surface area contributed by atoms with Gasteiger partial charge in [-0.1, -0.05) is 6.58 Å². The molecule has 0 radical (unpaired) electrons. The quantitative estimate of drug-likeness (QED) is 0.455. The first-order valence-electron chi connectivity index (χ1n) is 3.71. The molecule has 0 spiro atoms. The third-order valence-corrected chi connectivity index (χ3v) is 1.57. The standard InChI is InChI=1S/C9H17NO/c1-8(2)10(4)7-6-9(3)11-5/h6-8H,3H2,1-2,4-5H3/b7-6-. The SMILES string of the molecule is C=C(/C=C\N(C)C(C)C)OC. The monoisotopic (exact) mass is 155 g/mol. The van der Waals surface area contributed by atoms with Crippen LogP contribution < -0.4 is 0 Å². The van der Waals surface area contributed by atoms with E-state index in [1.54, 1.807) is 7.11 Å². The zero-order valence-electron chi connectivity index (χ0n) is 7.79. The number of nitrogens with zero attached hydrogens (tertiary/aromatic N) is 1. The fourth-order valence-electron chi connectivity index (χ4n) is 0.441. The van der Waals surface area contributed by atoms with E-state index in [0.29, 0.717) is 11.8 Å². The highest BCUT2D eigenvalue weighted by Crippen LogP contribution is 1.98. The van der Waals surface area contributed by atoms with E-state index < -0.39 is 0 Å². The first-order chi connectivity index (χ1) is 5.07. The molecule has 64 valence electrons. The molecule has 0 unspecified atom stereocenters. The first kappa shape index (κ1) is 10.1. The van der Waals surface area contributed by atoms with E-state index in [4.69, 9.17) is 4.74 Å². The molecule has 0 saturated carbocycles. The number of allylic oxidation sites excluding steroid dienone is 1. The molecule has 0 saturated heterocycles. The van der Waals surface area contributed by atoms with Crippen molar-refractivity contribution >= 4 is 0 Å². The Kier molecular flexibility index (Phi) is 4.42. The molecular weight excluding hydrogens is 138 g/mol. The lowest BCUT2D eigenvalue weighted by molar-refractivity contribution is 0.305. The molecule has 0 bridgehead atoms. The average Bonchev–Trinajstić information content (AvgIpc) is 1.99. The van der Waals surface area contributed by atoms with Crippen LogP contribution in [-0.2, 0) is 4.74 Å². The minimum Gasteiger partial charge on any atom is -0.497 e. The lowest BCUT2D eigenvalue weighted by atomic mass is 10.3. The zero-order chi connectivity index (χ0) is 8.85. The highest BCUT2D eigenvalue weighted by Gasteiger charge is 1.94. The molecule has 0 atom stereocenters. The molecule has 0 N–H and O–H groups in total. The summed E-state index contributed by atoms with van der Waals surface area (Å²) in [5.41, 5.74) is 0. The Morgan fingerprint density at radius 1 is 1.55 bits per heavy atom. The maximum atomic E-state index is 4.87. The van der Waals surface area contributed by atoms with Crippen LogP contribution in [-0.4, -0.2) is 25.1 Å². The lowest BCUT2D eigenvalue weighted by Crippen LogP contribution is -2.19. The van der Waals surface area contributed by atoms with E-state index in [-0.39, 0.29) is 0 Å². The molecule has 0 heterocycles. The van der Waals surface area contributed by atoms with Crippen LogP contribution in [0.3, 0.4) is 0 Å². The summed E-state index contributed by atoms with van der Waals surface area (Å²) < 4.78 is 4.87. The van der Waals surface area contributed by atoms with Crippen molar-refractivity contribution in [1.29, 1.82) is 0 Å². The average molecular weight is 155 g/mol. The van der Waals surface area contributed by atoms with E-state index in [1.165, 1.54) is 0 Å². The van der Waals surface area contributed by atoms with Crippen LogP contribution in [0.5, 0.6) is 0 Å². The Hall–Kier alpha value is -0.920. The molecule has 0 aromatic heterocycles. The van der Waals surface area contributed by atoms with Gasteiger partial charge in [0.1, 0.15) is 5.76 Å². The van der Waals surface area contributed by atoms with Gasteiger partial charge in [0, 0.05) is 19.3 Å². The topological polar surface area (TPSA) is 12.5 Å². The highest BCUT2D eigenvalue weighted by molar-refractivity contribution is 5.06. The Balaban J connectivity index is 3.82. The molecule has 0 aliphatic rings. The van der Waals surface area contributed by atoms with Crippen LogP contribution >= 0.6 is 0 Å². The maximum Gasteiger partial charge on any atom is 0.113 e. The minimum absolute atomic E-state index is 0.510. The van der Waals surface area contributed by atoms with Crippen LogP contribution in [0.2, 0.25) is 0 Å². The summed E-state index contributed by atoms with van der Waals surface area (Å²) >= 11 is 0. The zero-order valence-corrected chi connectivity index (χ0v) is 7.79. The van der Waals surface area contributed by atoms with Gasteiger partial charge >= 0.3 is 0 Å². The van der Waals surface area contributed by atoms with Crippen molar-refractivity contribution in [2.45, 2.75) is 19.9 Å². The summed E-state index contributed by atoms with van der Waals surface area (Å²) in [5, 5.41) is 0. The summed E-state index contributed by atoms with van der Waals surface area (Å²) in [6.45, 7) is 7.92. The van der Waals surface area contributed by atoms with E-state index in [1.807, 2.05) is 19.3 Å². The first-order valence-corrected chi connectivity index (χ1v) is 3.71. The van der Waals surface area contributed by atoms with Gasteiger partial charge in [-0.15, -0.1) is 0 Å². The van der Waals surface area contributed by atoms with Crippen molar-refractivity contribution in [2.24, 2.45) is 0 Å². The predicted octanol–water partition coefficient (Wildman–Crippen LogP) is 2.00. The maximum absolute atomic E-state index is 4.87. The van der Waals surface area contributed by atoms with Gasteiger partial charge in [-0.2, -0.15) is 0 Å². The van der Waals surface area contributed by atoms with Crippen LogP contribution in [0.25, 0.3) is 0 Å². The van der Waals surface area contributed by atoms with Gasteiger partial charge in [0.25, 0.3) is 0 Å². The van der Waals surface area contributed by atoms with Crippen LogP contribution in [0, 0.1) is 0 Å². The molecule has 2 heteroatoms. The molecule has 0 fully saturated rings. The van der Waals surface area contributed by atoms with Crippen molar-refractivity contribution < 1.29 is 4.74 Å². The van der Waals surface area contributed by atoms with Crippen molar-refractivity contribution in [3.63, 3.8) is 0 Å². The summed E-state index contributed by atoms with van der Waals surface area (Å²) in [7, 11) is 3.63. The molecule has 0 aliphatic heterocycles. The van der Waals surface area contributed by atoms with E-state index >= 15 is 0 Å². The Labute approximate surface area is 69.2 Å². The Morgan fingerprint density at radius 3 is 2.45 bits per heavy atom. The normalized spacial score (nSPS) is 10.6. The third kappa shape index (κ3) is 4.48. The van der Waals surface area contributed by atoms with Crippen molar-refractivity contribution in [3.05, 3.63) is 24.6 Å². The summed E-state index contributed by atoms with van der Waals surface area (Å²) in [6.07, 6.45) is 3.80. The van der Waals surface area contributed by atoms with E-state index in [2.05, 4.69) is 25.3 Å². The molecule has 0 aliphatic carbocycles. The fraction of sp³-hybridized carbons (Fsp3) is 0.556. The molecule has 11 heavy (non-hydrogen) atoms. The van der Waals surface area contributed by atoms with Gasteiger partial charge in [-0.25, -0.2) is 0 Å². The van der Waals surface area contributed by atoms with Gasteiger partial charge in [-0.05, 0) is 19.9 Å². The number of rotatable bonds is 4. The number of hydrogen-bond acceptors (Lipinski definition) is 2. The summed E-state index contributed by atoms with van der Waals surface area (Å²) in [5.74, 6) is 0.678.